The summed E-state index contributed by atoms with van der Waals surface area (Å²) in [5, 5.41) is 12.2. The van der Waals surface area contributed by atoms with E-state index < -0.39 is 5.97 Å². The molecule has 0 aliphatic carbocycles. The second-order valence-electron chi connectivity index (χ2n) is 3.93. The maximum absolute atomic E-state index is 10.8. The highest BCUT2D eigenvalue weighted by atomic mass is 32.1. The third-order valence-electron chi connectivity index (χ3n) is 2.59. The van der Waals surface area contributed by atoms with Gasteiger partial charge < -0.3 is 10.4 Å². The predicted molar refractivity (Wildman–Crippen MR) is 70.8 cm³/mol. The van der Waals surface area contributed by atoms with Crippen LogP contribution in [0, 0.1) is 0 Å². The molecule has 0 fully saturated rings. The van der Waals surface area contributed by atoms with E-state index in [4.69, 9.17) is 5.11 Å². The van der Waals surface area contributed by atoms with E-state index in [1.165, 1.54) is 11.3 Å². The van der Waals surface area contributed by atoms with Crippen molar-refractivity contribution in [2.75, 3.05) is 0 Å². The Bertz CT molecular complexity index is 525. The fourth-order valence-corrected chi connectivity index (χ4v) is 2.38. The van der Waals surface area contributed by atoms with Crippen LogP contribution in [0.25, 0.3) is 0 Å². The lowest BCUT2D eigenvalue weighted by molar-refractivity contribution is 0.0702. The molecule has 0 saturated carbocycles. The molecular formula is C13H14N2O2S. The van der Waals surface area contributed by atoms with Gasteiger partial charge in [-0.1, -0.05) is 6.07 Å². The van der Waals surface area contributed by atoms with E-state index in [0.29, 0.717) is 11.4 Å². The molecule has 0 bridgehead atoms. The van der Waals surface area contributed by atoms with Crippen LogP contribution in [0.4, 0.5) is 0 Å². The molecule has 0 saturated heterocycles. The average Bonchev–Trinajstić information content (AvgIpc) is 2.86. The van der Waals surface area contributed by atoms with Gasteiger partial charge in [0, 0.05) is 23.7 Å². The van der Waals surface area contributed by atoms with E-state index in [0.717, 1.165) is 10.6 Å². The molecule has 0 aromatic carbocycles. The van der Waals surface area contributed by atoms with Crippen molar-refractivity contribution in [2.24, 2.45) is 0 Å². The summed E-state index contributed by atoms with van der Waals surface area (Å²) in [5.41, 5.74) is 0.979. The summed E-state index contributed by atoms with van der Waals surface area (Å²) in [6.07, 6.45) is 1.77. The molecule has 4 nitrogen and oxygen atoms in total. The third kappa shape index (κ3) is 3.15. The fourth-order valence-electron chi connectivity index (χ4n) is 1.58. The van der Waals surface area contributed by atoms with Gasteiger partial charge in [0.2, 0.25) is 0 Å². The summed E-state index contributed by atoms with van der Waals surface area (Å²) < 4.78 is 0. The maximum atomic E-state index is 10.8. The van der Waals surface area contributed by atoms with Crippen LogP contribution in [0.5, 0.6) is 0 Å². The molecule has 0 aliphatic heterocycles. The fraction of sp³-hybridized carbons (Fsp3) is 0.231. The van der Waals surface area contributed by atoms with Crippen LogP contribution in [0.15, 0.2) is 36.5 Å². The van der Waals surface area contributed by atoms with Gasteiger partial charge >= 0.3 is 5.97 Å². The number of aromatic nitrogens is 1. The Morgan fingerprint density at radius 3 is 2.89 bits per heavy atom. The standard InChI is InChI=1S/C13H14N2O2S/c1-9(11-4-2-3-7-14-11)15-8-10-5-6-12(18-10)13(16)17/h2-7,9,15H,8H2,1H3,(H,16,17). The largest absolute Gasteiger partial charge is 0.477 e. The molecule has 2 aromatic heterocycles. The number of thiophene rings is 1. The first kappa shape index (κ1) is 12.7. The zero-order valence-corrected chi connectivity index (χ0v) is 10.8. The number of nitrogens with zero attached hydrogens (tertiary/aromatic N) is 1. The highest BCUT2D eigenvalue weighted by Gasteiger charge is 2.09. The van der Waals surface area contributed by atoms with E-state index >= 15 is 0 Å². The molecule has 2 rings (SSSR count). The Hall–Kier alpha value is -1.72. The second-order valence-corrected chi connectivity index (χ2v) is 5.10. The molecule has 2 N–H and O–H groups in total. The number of carbonyl (C=O) groups is 1. The van der Waals surface area contributed by atoms with E-state index in [1.807, 2.05) is 31.2 Å². The number of rotatable bonds is 5. The molecule has 1 unspecified atom stereocenters. The Kier molecular flexibility index (Phi) is 4.07. The summed E-state index contributed by atoms with van der Waals surface area (Å²) in [6, 6.07) is 9.42. The smallest absolute Gasteiger partial charge is 0.345 e. The van der Waals surface area contributed by atoms with Crippen LogP contribution >= 0.6 is 11.3 Å². The summed E-state index contributed by atoms with van der Waals surface area (Å²) in [6.45, 7) is 2.68. The van der Waals surface area contributed by atoms with Crippen molar-refractivity contribution >= 4 is 17.3 Å². The highest BCUT2D eigenvalue weighted by molar-refractivity contribution is 7.13. The van der Waals surface area contributed by atoms with E-state index in [-0.39, 0.29) is 6.04 Å². The van der Waals surface area contributed by atoms with E-state index in [2.05, 4.69) is 10.3 Å². The Morgan fingerprint density at radius 2 is 2.28 bits per heavy atom. The van der Waals surface area contributed by atoms with Crippen molar-refractivity contribution in [3.05, 3.63) is 52.0 Å². The van der Waals surface area contributed by atoms with Crippen molar-refractivity contribution in [1.29, 1.82) is 0 Å². The minimum absolute atomic E-state index is 0.140. The molecule has 18 heavy (non-hydrogen) atoms. The quantitative estimate of drug-likeness (QED) is 0.869. The lowest BCUT2D eigenvalue weighted by Gasteiger charge is -2.11. The summed E-state index contributed by atoms with van der Waals surface area (Å²) in [4.78, 5) is 16.4. The molecule has 94 valence electrons. The van der Waals surface area contributed by atoms with Crippen molar-refractivity contribution in [3.63, 3.8) is 0 Å². The summed E-state index contributed by atoms with van der Waals surface area (Å²) in [5.74, 6) is -0.871. The summed E-state index contributed by atoms with van der Waals surface area (Å²) >= 11 is 1.30. The van der Waals surface area contributed by atoms with Crippen LogP contribution in [0.3, 0.4) is 0 Å². The van der Waals surface area contributed by atoms with Gasteiger partial charge in [-0.3, -0.25) is 4.98 Å². The molecule has 1 atom stereocenters. The van der Waals surface area contributed by atoms with Crippen LogP contribution in [-0.4, -0.2) is 16.1 Å². The second kappa shape index (κ2) is 5.75. The van der Waals surface area contributed by atoms with Gasteiger partial charge in [-0.2, -0.15) is 0 Å². The molecule has 5 heteroatoms. The van der Waals surface area contributed by atoms with Crippen molar-refractivity contribution < 1.29 is 9.90 Å². The lowest BCUT2D eigenvalue weighted by Crippen LogP contribution is -2.18. The van der Waals surface area contributed by atoms with Crippen molar-refractivity contribution in [2.45, 2.75) is 19.5 Å². The van der Waals surface area contributed by atoms with Crippen LogP contribution in [0.1, 0.15) is 33.2 Å². The van der Waals surface area contributed by atoms with Gasteiger partial charge in [0.05, 0.1) is 5.69 Å². The van der Waals surface area contributed by atoms with Gasteiger partial charge in [-0.25, -0.2) is 4.79 Å². The molecule has 0 aliphatic rings. The van der Waals surface area contributed by atoms with Gasteiger partial charge in [-0.05, 0) is 31.2 Å². The van der Waals surface area contributed by atoms with Gasteiger partial charge in [0.1, 0.15) is 4.88 Å². The summed E-state index contributed by atoms with van der Waals surface area (Å²) in [7, 11) is 0. The minimum Gasteiger partial charge on any atom is -0.477 e. The van der Waals surface area contributed by atoms with Crippen LogP contribution in [0.2, 0.25) is 0 Å². The molecule has 2 aromatic rings. The number of carboxylic acids is 1. The lowest BCUT2D eigenvalue weighted by atomic mass is 10.2. The number of pyridine rings is 1. The number of nitrogens with one attached hydrogen (secondary N) is 1. The first-order chi connectivity index (χ1) is 8.66. The van der Waals surface area contributed by atoms with E-state index in [9.17, 15) is 4.79 Å². The SMILES string of the molecule is CC(NCc1ccc(C(=O)O)s1)c1ccccn1. The average molecular weight is 262 g/mol. The van der Waals surface area contributed by atoms with Gasteiger partial charge in [0.15, 0.2) is 0 Å². The first-order valence-electron chi connectivity index (χ1n) is 5.63. The normalized spacial score (nSPS) is 12.3. The predicted octanol–water partition coefficient (Wildman–Crippen LogP) is 2.69. The van der Waals surface area contributed by atoms with Crippen LogP contribution in [-0.2, 0) is 6.54 Å². The molecule has 0 spiro atoms. The molecule has 0 amide bonds. The zero-order chi connectivity index (χ0) is 13.0. The zero-order valence-electron chi connectivity index (χ0n) is 9.96. The monoisotopic (exact) mass is 262 g/mol. The number of aromatic carboxylic acids is 1. The number of carboxylic acid groups (broad SMARTS) is 1. The minimum atomic E-state index is -0.871. The van der Waals surface area contributed by atoms with Crippen LogP contribution < -0.4 is 5.32 Å². The Balaban J connectivity index is 1.93. The van der Waals surface area contributed by atoms with E-state index in [1.54, 1.807) is 12.3 Å². The Morgan fingerprint density at radius 1 is 1.44 bits per heavy atom. The molecule has 2 heterocycles. The maximum Gasteiger partial charge on any atom is 0.345 e. The van der Waals surface area contributed by atoms with Crippen molar-refractivity contribution in [1.82, 2.24) is 10.3 Å². The third-order valence-corrected chi connectivity index (χ3v) is 3.66. The topological polar surface area (TPSA) is 62.2 Å². The Labute approximate surface area is 109 Å². The molecule has 0 radical (unpaired) electrons. The van der Waals surface area contributed by atoms with Gasteiger partial charge in [-0.15, -0.1) is 11.3 Å². The van der Waals surface area contributed by atoms with Gasteiger partial charge in [0.25, 0.3) is 0 Å². The number of hydrogen-bond acceptors (Lipinski definition) is 4. The first-order valence-corrected chi connectivity index (χ1v) is 6.45. The molecular weight excluding hydrogens is 248 g/mol. The van der Waals surface area contributed by atoms with Crippen molar-refractivity contribution in [3.8, 4) is 0 Å². The highest BCUT2D eigenvalue weighted by Crippen LogP contribution is 2.17. The number of hydrogen-bond donors (Lipinski definition) is 2.